The Labute approximate surface area is 125 Å². The molecule has 0 unspecified atom stereocenters. The van der Waals surface area contributed by atoms with Crippen molar-refractivity contribution in [3.05, 3.63) is 28.5 Å². The summed E-state index contributed by atoms with van der Waals surface area (Å²) >= 11 is 2.79. The highest BCUT2D eigenvalue weighted by Gasteiger charge is 2.11. The predicted octanol–water partition coefficient (Wildman–Crippen LogP) is 3.14. The lowest BCUT2D eigenvalue weighted by Gasteiger charge is -2.06. The van der Waals surface area contributed by atoms with Crippen molar-refractivity contribution in [1.29, 1.82) is 0 Å². The highest BCUT2D eigenvalue weighted by molar-refractivity contribution is 8.00. The Morgan fingerprint density at radius 3 is 2.80 bits per heavy atom. The Kier molecular flexibility index (Phi) is 4.72. The van der Waals surface area contributed by atoms with Crippen molar-refractivity contribution in [2.75, 3.05) is 0 Å². The minimum atomic E-state index is -0.874. The number of hydrogen-bond acceptors (Lipinski definition) is 6. The first-order chi connectivity index (χ1) is 9.44. The summed E-state index contributed by atoms with van der Waals surface area (Å²) in [7, 11) is 0. The maximum atomic E-state index is 10.6. The lowest BCUT2D eigenvalue weighted by Crippen LogP contribution is -2.00. The van der Waals surface area contributed by atoms with Gasteiger partial charge in [0.15, 0.2) is 9.50 Å². The van der Waals surface area contributed by atoms with Crippen LogP contribution in [0.25, 0.3) is 0 Å². The molecule has 1 N–H and O–H groups in total. The van der Waals surface area contributed by atoms with Crippen LogP contribution in [-0.2, 0) is 11.2 Å². The second-order valence-corrected chi connectivity index (χ2v) is 6.72. The lowest BCUT2D eigenvalue weighted by atomic mass is 10.1. The molecule has 0 radical (unpaired) electrons. The smallest absolute Gasteiger partial charge is 0.309 e. The summed E-state index contributed by atoms with van der Waals surface area (Å²) in [6.07, 6.45) is -0.0526. The molecule has 0 aliphatic carbocycles. The fraction of sp³-hybridized carbons (Fsp3) is 0.385. The number of carboxylic acids is 1. The molecular weight excluding hydrogens is 294 g/mol. The number of aliphatic carboxylic acids is 1. The molecule has 0 bridgehead atoms. The normalized spacial score (nSPS) is 11.0. The van der Waals surface area contributed by atoms with E-state index in [4.69, 9.17) is 5.11 Å². The standard InChI is InChI=1S/C13H15N3O2S2/c1-7(2)10-4-8(3)14-12(16-10)20-13-15-9(6-19-13)5-11(17)18/h4,6-7H,5H2,1-3H3,(H,17,18). The Morgan fingerprint density at radius 1 is 1.40 bits per heavy atom. The van der Waals surface area contributed by atoms with Crippen LogP contribution in [0.2, 0.25) is 0 Å². The van der Waals surface area contributed by atoms with Crippen LogP contribution < -0.4 is 0 Å². The van der Waals surface area contributed by atoms with Crippen molar-refractivity contribution in [3.8, 4) is 0 Å². The van der Waals surface area contributed by atoms with E-state index >= 15 is 0 Å². The molecule has 0 spiro atoms. The average Bonchev–Trinajstić information content (AvgIpc) is 2.74. The monoisotopic (exact) mass is 309 g/mol. The fourth-order valence-corrected chi connectivity index (χ4v) is 3.32. The molecule has 2 heterocycles. The van der Waals surface area contributed by atoms with Crippen molar-refractivity contribution in [1.82, 2.24) is 15.0 Å². The zero-order valence-corrected chi connectivity index (χ0v) is 13.1. The van der Waals surface area contributed by atoms with Crippen LogP contribution in [0.3, 0.4) is 0 Å². The van der Waals surface area contributed by atoms with E-state index in [1.54, 1.807) is 5.38 Å². The molecule has 0 aliphatic rings. The minimum Gasteiger partial charge on any atom is -0.481 e. The Morgan fingerprint density at radius 2 is 2.15 bits per heavy atom. The first kappa shape index (κ1) is 14.9. The molecule has 5 nitrogen and oxygen atoms in total. The van der Waals surface area contributed by atoms with Crippen molar-refractivity contribution in [2.24, 2.45) is 0 Å². The first-order valence-electron chi connectivity index (χ1n) is 6.13. The molecule has 0 fully saturated rings. The van der Waals surface area contributed by atoms with Gasteiger partial charge >= 0.3 is 5.97 Å². The largest absolute Gasteiger partial charge is 0.481 e. The number of aromatic nitrogens is 3. The van der Waals surface area contributed by atoms with Crippen LogP contribution in [-0.4, -0.2) is 26.0 Å². The van der Waals surface area contributed by atoms with E-state index in [-0.39, 0.29) is 6.42 Å². The molecule has 0 aromatic carbocycles. The van der Waals surface area contributed by atoms with Gasteiger partial charge < -0.3 is 5.11 Å². The Bertz CT molecular complexity index is 626. The van der Waals surface area contributed by atoms with Crippen molar-refractivity contribution in [3.63, 3.8) is 0 Å². The number of hydrogen-bond donors (Lipinski definition) is 1. The Balaban J connectivity index is 2.17. The molecule has 2 rings (SSSR count). The van der Waals surface area contributed by atoms with E-state index in [1.807, 2.05) is 13.0 Å². The van der Waals surface area contributed by atoms with Gasteiger partial charge in [-0.3, -0.25) is 4.79 Å². The molecule has 0 saturated carbocycles. The van der Waals surface area contributed by atoms with Gasteiger partial charge in [-0.15, -0.1) is 11.3 Å². The highest BCUT2D eigenvalue weighted by Crippen LogP contribution is 2.29. The highest BCUT2D eigenvalue weighted by atomic mass is 32.2. The van der Waals surface area contributed by atoms with Gasteiger partial charge in [0.1, 0.15) is 0 Å². The SMILES string of the molecule is Cc1cc(C(C)C)nc(Sc2nc(CC(=O)O)cs2)n1. The molecule has 7 heteroatoms. The Hall–Kier alpha value is -1.47. The van der Waals surface area contributed by atoms with Crippen LogP contribution in [0.4, 0.5) is 0 Å². The molecule has 0 amide bonds. The fourth-order valence-electron chi connectivity index (χ4n) is 1.56. The van der Waals surface area contributed by atoms with Gasteiger partial charge in [0.05, 0.1) is 12.1 Å². The van der Waals surface area contributed by atoms with Gasteiger partial charge in [-0.2, -0.15) is 0 Å². The minimum absolute atomic E-state index is 0.0526. The summed E-state index contributed by atoms with van der Waals surface area (Å²) in [6.45, 7) is 6.12. The molecule has 2 aromatic rings. The molecular formula is C13H15N3O2S2. The number of carbonyl (C=O) groups is 1. The van der Waals surface area contributed by atoms with Crippen LogP contribution in [0.1, 0.15) is 36.8 Å². The lowest BCUT2D eigenvalue weighted by molar-refractivity contribution is -0.136. The maximum absolute atomic E-state index is 10.6. The average molecular weight is 309 g/mol. The van der Waals surface area contributed by atoms with Gasteiger partial charge in [-0.25, -0.2) is 15.0 Å². The summed E-state index contributed by atoms with van der Waals surface area (Å²) in [6, 6.07) is 1.98. The number of carboxylic acid groups (broad SMARTS) is 1. The van der Waals surface area contributed by atoms with Crippen LogP contribution in [0.5, 0.6) is 0 Å². The quantitative estimate of drug-likeness (QED) is 0.855. The molecule has 0 atom stereocenters. The zero-order chi connectivity index (χ0) is 14.7. The van der Waals surface area contributed by atoms with Crippen molar-refractivity contribution < 1.29 is 9.90 Å². The molecule has 0 saturated heterocycles. The summed E-state index contributed by atoms with van der Waals surface area (Å²) in [5.74, 6) is -0.532. The molecule has 20 heavy (non-hydrogen) atoms. The summed E-state index contributed by atoms with van der Waals surface area (Å²) in [4.78, 5) is 23.8. The molecule has 106 valence electrons. The topological polar surface area (TPSA) is 76.0 Å². The molecule has 0 aliphatic heterocycles. The van der Waals surface area contributed by atoms with Crippen LogP contribution in [0, 0.1) is 6.92 Å². The summed E-state index contributed by atoms with van der Waals surface area (Å²) < 4.78 is 0.765. The number of thiazole rings is 1. The van der Waals surface area contributed by atoms with E-state index in [0.29, 0.717) is 16.8 Å². The second-order valence-electron chi connectivity index (χ2n) is 4.65. The zero-order valence-electron chi connectivity index (χ0n) is 11.5. The van der Waals surface area contributed by atoms with Crippen LogP contribution in [0.15, 0.2) is 20.9 Å². The second kappa shape index (κ2) is 6.32. The van der Waals surface area contributed by atoms with Crippen LogP contribution >= 0.6 is 23.1 Å². The van der Waals surface area contributed by atoms with E-state index in [0.717, 1.165) is 15.7 Å². The number of rotatable bonds is 5. The van der Waals surface area contributed by atoms with Crippen molar-refractivity contribution >= 4 is 29.1 Å². The summed E-state index contributed by atoms with van der Waals surface area (Å²) in [5.41, 5.74) is 2.50. The van der Waals surface area contributed by atoms with Gasteiger partial charge in [0.25, 0.3) is 0 Å². The summed E-state index contributed by atoms with van der Waals surface area (Å²) in [5, 5.41) is 11.1. The third-order valence-corrected chi connectivity index (χ3v) is 4.34. The van der Waals surface area contributed by atoms with Gasteiger partial charge in [-0.05, 0) is 30.7 Å². The predicted molar refractivity (Wildman–Crippen MR) is 78.4 cm³/mol. The van der Waals surface area contributed by atoms with E-state index in [1.165, 1.54) is 23.1 Å². The third-order valence-electron chi connectivity index (χ3n) is 2.49. The maximum Gasteiger partial charge on any atom is 0.309 e. The molecule has 2 aromatic heterocycles. The van der Waals surface area contributed by atoms with Gasteiger partial charge in [0, 0.05) is 16.8 Å². The van der Waals surface area contributed by atoms with Crippen molar-refractivity contribution in [2.45, 2.75) is 42.6 Å². The first-order valence-corrected chi connectivity index (χ1v) is 7.83. The van der Waals surface area contributed by atoms with E-state index in [2.05, 4.69) is 28.8 Å². The van der Waals surface area contributed by atoms with Gasteiger partial charge in [0.2, 0.25) is 0 Å². The number of aryl methyl sites for hydroxylation is 1. The third kappa shape index (κ3) is 4.01. The van der Waals surface area contributed by atoms with E-state index in [9.17, 15) is 4.79 Å². The van der Waals surface area contributed by atoms with Gasteiger partial charge in [-0.1, -0.05) is 13.8 Å². The number of nitrogens with zero attached hydrogens (tertiary/aromatic N) is 3. The van der Waals surface area contributed by atoms with E-state index < -0.39 is 5.97 Å².